The SMILES string of the molecule is Cc1nnc(SCC(C#N)(NC(C)C)C2CC2)s1. The standard InChI is InChI=1S/C12H18N4S2/c1-8(2)14-12(6-13,10-4-5-10)7-17-11-16-15-9(3)18-11/h8,10,14H,4-5,7H2,1-3H3. The smallest absolute Gasteiger partial charge is 0.174 e. The zero-order chi connectivity index (χ0) is 13.2. The van der Waals surface area contributed by atoms with Crippen LogP contribution in [0.4, 0.5) is 0 Å². The van der Waals surface area contributed by atoms with Gasteiger partial charge in [0.1, 0.15) is 10.5 Å². The number of aromatic nitrogens is 2. The molecule has 4 nitrogen and oxygen atoms in total. The summed E-state index contributed by atoms with van der Waals surface area (Å²) >= 11 is 3.24. The molecule has 2 rings (SSSR count). The molecule has 1 aliphatic carbocycles. The third kappa shape index (κ3) is 3.22. The molecule has 0 aliphatic heterocycles. The van der Waals surface area contributed by atoms with E-state index in [1.165, 1.54) is 0 Å². The molecule has 1 aromatic rings. The molecule has 0 amide bonds. The van der Waals surface area contributed by atoms with Crippen molar-refractivity contribution in [3.8, 4) is 6.07 Å². The summed E-state index contributed by atoms with van der Waals surface area (Å²) in [6.07, 6.45) is 2.31. The maximum absolute atomic E-state index is 9.56. The average molecular weight is 282 g/mol. The summed E-state index contributed by atoms with van der Waals surface area (Å²) in [7, 11) is 0. The van der Waals surface area contributed by atoms with Gasteiger partial charge in [0.15, 0.2) is 4.34 Å². The molecule has 98 valence electrons. The molecule has 1 unspecified atom stereocenters. The van der Waals surface area contributed by atoms with Crippen molar-refractivity contribution in [1.82, 2.24) is 15.5 Å². The van der Waals surface area contributed by atoms with Gasteiger partial charge in [-0.25, -0.2) is 0 Å². The monoisotopic (exact) mass is 282 g/mol. The summed E-state index contributed by atoms with van der Waals surface area (Å²) in [5.41, 5.74) is -0.404. The van der Waals surface area contributed by atoms with E-state index in [1.54, 1.807) is 23.1 Å². The summed E-state index contributed by atoms with van der Waals surface area (Å²) in [6.45, 7) is 6.13. The lowest BCUT2D eigenvalue weighted by Crippen LogP contribution is -2.51. The van der Waals surface area contributed by atoms with E-state index in [1.807, 2.05) is 6.92 Å². The minimum Gasteiger partial charge on any atom is -0.296 e. The van der Waals surface area contributed by atoms with Crippen LogP contribution in [0.15, 0.2) is 4.34 Å². The van der Waals surface area contributed by atoms with Crippen molar-refractivity contribution in [3.63, 3.8) is 0 Å². The molecule has 1 aliphatic rings. The summed E-state index contributed by atoms with van der Waals surface area (Å²) in [5, 5.41) is 22.1. The lowest BCUT2D eigenvalue weighted by Gasteiger charge is -2.29. The number of rotatable bonds is 6. The highest BCUT2D eigenvalue weighted by Gasteiger charge is 2.46. The molecule has 1 fully saturated rings. The van der Waals surface area contributed by atoms with Crippen LogP contribution in [0.1, 0.15) is 31.7 Å². The zero-order valence-electron chi connectivity index (χ0n) is 10.9. The second kappa shape index (κ2) is 5.55. The lowest BCUT2D eigenvalue weighted by atomic mass is 9.96. The van der Waals surface area contributed by atoms with Crippen LogP contribution in [-0.2, 0) is 0 Å². The Labute approximate surface area is 116 Å². The van der Waals surface area contributed by atoms with Crippen LogP contribution in [0, 0.1) is 24.2 Å². The molecule has 1 atom stereocenters. The van der Waals surface area contributed by atoms with Crippen LogP contribution in [0.2, 0.25) is 0 Å². The molecule has 1 aromatic heterocycles. The first-order valence-corrected chi connectivity index (χ1v) is 7.98. The van der Waals surface area contributed by atoms with E-state index in [-0.39, 0.29) is 0 Å². The van der Waals surface area contributed by atoms with Gasteiger partial charge in [0.2, 0.25) is 0 Å². The van der Waals surface area contributed by atoms with Crippen LogP contribution < -0.4 is 5.32 Å². The second-order valence-corrected chi connectivity index (χ2v) is 7.44. The van der Waals surface area contributed by atoms with E-state index in [4.69, 9.17) is 0 Å². The number of nitriles is 1. The van der Waals surface area contributed by atoms with E-state index in [2.05, 4.69) is 35.4 Å². The van der Waals surface area contributed by atoms with Gasteiger partial charge in [-0.3, -0.25) is 5.32 Å². The van der Waals surface area contributed by atoms with Gasteiger partial charge in [-0.2, -0.15) is 5.26 Å². The summed E-state index contributed by atoms with van der Waals surface area (Å²) in [5.74, 6) is 1.24. The van der Waals surface area contributed by atoms with Crippen molar-refractivity contribution in [2.24, 2.45) is 5.92 Å². The fourth-order valence-corrected chi connectivity index (χ4v) is 4.06. The Hall–Kier alpha value is -0.640. The Morgan fingerprint density at radius 2 is 2.28 bits per heavy atom. The Balaban J connectivity index is 2.03. The Morgan fingerprint density at radius 1 is 1.56 bits per heavy atom. The number of aryl methyl sites for hydroxylation is 1. The second-order valence-electron chi connectivity index (χ2n) is 5.03. The van der Waals surface area contributed by atoms with Crippen LogP contribution in [0.5, 0.6) is 0 Å². The number of thioether (sulfide) groups is 1. The quantitative estimate of drug-likeness (QED) is 0.813. The normalized spacial score (nSPS) is 18.6. The van der Waals surface area contributed by atoms with Crippen molar-refractivity contribution in [1.29, 1.82) is 5.26 Å². The number of nitrogens with one attached hydrogen (secondary N) is 1. The number of hydrogen-bond acceptors (Lipinski definition) is 6. The third-order valence-corrected chi connectivity index (χ3v) is 5.12. The number of hydrogen-bond donors (Lipinski definition) is 1. The number of nitrogens with zero attached hydrogens (tertiary/aromatic N) is 3. The molecule has 0 bridgehead atoms. The Kier molecular flexibility index (Phi) is 4.25. The first kappa shape index (κ1) is 13.8. The maximum Gasteiger partial charge on any atom is 0.174 e. The van der Waals surface area contributed by atoms with Crippen molar-refractivity contribution in [2.45, 2.75) is 49.5 Å². The van der Waals surface area contributed by atoms with Crippen molar-refractivity contribution >= 4 is 23.1 Å². The van der Waals surface area contributed by atoms with Crippen molar-refractivity contribution in [2.75, 3.05) is 5.75 Å². The molecule has 18 heavy (non-hydrogen) atoms. The minimum absolute atomic E-state index is 0.321. The first-order valence-electron chi connectivity index (χ1n) is 6.17. The van der Waals surface area contributed by atoms with Gasteiger partial charge in [-0.1, -0.05) is 23.1 Å². The Morgan fingerprint density at radius 3 is 2.72 bits per heavy atom. The van der Waals surface area contributed by atoms with Gasteiger partial charge in [0.05, 0.1) is 6.07 Å². The first-order chi connectivity index (χ1) is 8.55. The molecular formula is C12H18N4S2. The highest BCUT2D eigenvalue weighted by molar-refractivity contribution is 8.01. The van der Waals surface area contributed by atoms with E-state index in [0.717, 1.165) is 27.9 Å². The molecule has 0 spiro atoms. The van der Waals surface area contributed by atoms with Crippen LogP contribution in [0.25, 0.3) is 0 Å². The predicted molar refractivity (Wildman–Crippen MR) is 74.7 cm³/mol. The maximum atomic E-state index is 9.56. The highest BCUT2D eigenvalue weighted by atomic mass is 32.2. The summed E-state index contributed by atoms with van der Waals surface area (Å²) < 4.78 is 0.957. The van der Waals surface area contributed by atoms with Crippen LogP contribution in [0.3, 0.4) is 0 Å². The average Bonchev–Trinajstić information content (AvgIpc) is 3.09. The van der Waals surface area contributed by atoms with Gasteiger partial charge < -0.3 is 0 Å². The van der Waals surface area contributed by atoms with Crippen LogP contribution >= 0.6 is 23.1 Å². The predicted octanol–water partition coefficient (Wildman–Crippen LogP) is 2.61. The Bertz CT molecular complexity index is 447. The molecule has 0 aromatic carbocycles. The molecule has 0 radical (unpaired) electrons. The van der Waals surface area contributed by atoms with E-state index >= 15 is 0 Å². The molecule has 0 saturated heterocycles. The largest absolute Gasteiger partial charge is 0.296 e. The molecule has 1 N–H and O–H groups in total. The van der Waals surface area contributed by atoms with E-state index < -0.39 is 5.54 Å². The van der Waals surface area contributed by atoms with Gasteiger partial charge in [-0.05, 0) is 39.5 Å². The zero-order valence-corrected chi connectivity index (χ0v) is 12.6. The van der Waals surface area contributed by atoms with Gasteiger partial charge >= 0.3 is 0 Å². The van der Waals surface area contributed by atoms with Gasteiger partial charge in [0.25, 0.3) is 0 Å². The minimum atomic E-state index is -0.404. The van der Waals surface area contributed by atoms with E-state index in [0.29, 0.717) is 12.0 Å². The lowest BCUT2D eigenvalue weighted by molar-refractivity contribution is 0.370. The molecular weight excluding hydrogens is 264 g/mol. The van der Waals surface area contributed by atoms with Crippen LogP contribution in [-0.4, -0.2) is 27.5 Å². The summed E-state index contributed by atoms with van der Waals surface area (Å²) in [6, 6.07) is 2.83. The third-order valence-electron chi connectivity index (χ3n) is 2.95. The molecule has 1 saturated carbocycles. The fourth-order valence-electron chi connectivity index (χ4n) is 2.04. The van der Waals surface area contributed by atoms with Gasteiger partial charge in [-0.15, -0.1) is 10.2 Å². The summed E-state index contributed by atoms with van der Waals surface area (Å²) in [4.78, 5) is 0. The van der Waals surface area contributed by atoms with Gasteiger partial charge in [0, 0.05) is 11.8 Å². The molecule has 1 heterocycles. The van der Waals surface area contributed by atoms with E-state index in [9.17, 15) is 5.26 Å². The van der Waals surface area contributed by atoms with Crippen molar-refractivity contribution < 1.29 is 0 Å². The van der Waals surface area contributed by atoms with Crippen molar-refractivity contribution in [3.05, 3.63) is 5.01 Å². The molecule has 6 heteroatoms. The topological polar surface area (TPSA) is 61.6 Å². The fraction of sp³-hybridized carbons (Fsp3) is 0.750. The highest BCUT2D eigenvalue weighted by Crippen LogP contribution is 2.42.